The van der Waals surface area contributed by atoms with E-state index in [-0.39, 0.29) is 24.3 Å². The average molecular weight is 262 g/mol. The minimum Gasteiger partial charge on any atom is -0.445 e. The Balaban J connectivity index is 2.09. The highest BCUT2D eigenvalue weighted by molar-refractivity contribution is 5.98. The van der Waals surface area contributed by atoms with Crippen molar-refractivity contribution in [2.24, 2.45) is 0 Å². The fraction of sp³-hybridized carbons (Fsp3) is 0.429. The topological polar surface area (TPSA) is 53.8 Å². The second kappa shape index (κ2) is 5.30. The Kier molecular flexibility index (Phi) is 3.74. The van der Waals surface area contributed by atoms with Crippen molar-refractivity contribution in [1.82, 2.24) is 4.90 Å². The van der Waals surface area contributed by atoms with E-state index < -0.39 is 0 Å². The van der Waals surface area contributed by atoms with Crippen LogP contribution < -0.4 is 4.90 Å². The summed E-state index contributed by atoms with van der Waals surface area (Å²) in [6.45, 7) is 8.51. The van der Waals surface area contributed by atoms with Crippen molar-refractivity contribution in [3.63, 3.8) is 0 Å². The lowest BCUT2D eigenvalue weighted by Gasteiger charge is -2.32. The van der Waals surface area contributed by atoms with Gasteiger partial charge in [-0.1, -0.05) is 20.4 Å². The summed E-state index contributed by atoms with van der Waals surface area (Å²) in [6, 6.07) is 3.69. The SMILES string of the molecule is C=CC(=O)N1CCN(c2ccc(C(C)C)o2)C(=O)C1. The molecule has 0 aromatic carbocycles. The van der Waals surface area contributed by atoms with Crippen LogP contribution in [0.2, 0.25) is 0 Å². The van der Waals surface area contributed by atoms with Gasteiger partial charge >= 0.3 is 0 Å². The quantitative estimate of drug-likeness (QED) is 0.780. The summed E-state index contributed by atoms with van der Waals surface area (Å²) in [5.41, 5.74) is 0. The van der Waals surface area contributed by atoms with Gasteiger partial charge in [-0.15, -0.1) is 0 Å². The molecule has 2 rings (SSSR count). The first-order valence-corrected chi connectivity index (χ1v) is 6.34. The largest absolute Gasteiger partial charge is 0.445 e. The molecule has 0 radical (unpaired) electrons. The van der Waals surface area contributed by atoms with Crippen molar-refractivity contribution in [2.45, 2.75) is 19.8 Å². The van der Waals surface area contributed by atoms with E-state index in [4.69, 9.17) is 4.42 Å². The molecule has 0 aliphatic carbocycles. The molecule has 1 aromatic heterocycles. The number of carbonyl (C=O) groups is 2. The molecule has 2 amide bonds. The van der Waals surface area contributed by atoms with Crippen molar-refractivity contribution in [3.8, 4) is 0 Å². The normalized spacial score (nSPS) is 16.1. The van der Waals surface area contributed by atoms with Crippen LogP contribution in [0.4, 0.5) is 5.88 Å². The van der Waals surface area contributed by atoms with Crippen LogP contribution in [0.15, 0.2) is 29.2 Å². The third-order valence-corrected chi connectivity index (χ3v) is 3.15. The number of hydrogen-bond acceptors (Lipinski definition) is 3. The van der Waals surface area contributed by atoms with Gasteiger partial charge < -0.3 is 9.32 Å². The maximum atomic E-state index is 12.0. The molecule has 1 aliphatic heterocycles. The van der Waals surface area contributed by atoms with Crippen LogP contribution in [0.3, 0.4) is 0 Å². The molecular formula is C14H18N2O3. The minimum absolute atomic E-state index is 0.0720. The number of piperazine rings is 1. The van der Waals surface area contributed by atoms with Crippen LogP contribution in [0.5, 0.6) is 0 Å². The number of hydrogen-bond donors (Lipinski definition) is 0. The van der Waals surface area contributed by atoms with Crippen LogP contribution >= 0.6 is 0 Å². The third-order valence-electron chi connectivity index (χ3n) is 3.15. The Morgan fingerprint density at radius 3 is 2.68 bits per heavy atom. The second-order valence-corrected chi connectivity index (χ2v) is 4.84. The lowest BCUT2D eigenvalue weighted by atomic mass is 10.2. The van der Waals surface area contributed by atoms with Gasteiger partial charge in [0.15, 0.2) is 0 Å². The molecular weight excluding hydrogens is 244 g/mol. The molecule has 0 unspecified atom stereocenters. The van der Waals surface area contributed by atoms with Crippen molar-refractivity contribution >= 4 is 17.7 Å². The predicted molar refractivity (Wildman–Crippen MR) is 71.9 cm³/mol. The molecule has 102 valence electrons. The Morgan fingerprint density at radius 2 is 2.16 bits per heavy atom. The molecule has 0 spiro atoms. The number of anilines is 1. The van der Waals surface area contributed by atoms with Crippen molar-refractivity contribution < 1.29 is 14.0 Å². The van der Waals surface area contributed by atoms with E-state index in [1.165, 1.54) is 11.0 Å². The van der Waals surface area contributed by atoms with E-state index in [1.54, 1.807) is 11.0 Å². The van der Waals surface area contributed by atoms with Gasteiger partial charge in [-0.2, -0.15) is 0 Å². The molecule has 5 heteroatoms. The van der Waals surface area contributed by atoms with E-state index in [9.17, 15) is 9.59 Å². The molecule has 0 saturated carbocycles. The first-order chi connectivity index (χ1) is 9.02. The van der Waals surface area contributed by atoms with Crippen LogP contribution in [0.25, 0.3) is 0 Å². The zero-order valence-electron chi connectivity index (χ0n) is 11.3. The average Bonchev–Trinajstić information content (AvgIpc) is 2.87. The zero-order valence-corrected chi connectivity index (χ0v) is 11.3. The van der Waals surface area contributed by atoms with Crippen molar-refractivity contribution in [1.29, 1.82) is 0 Å². The lowest BCUT2D eigenvalue weighted by molar-refractivity contribution is -0.133. The fourth-order valence-corrected chi connectivity index (χ4v) is 2.02. The van der Waals surface area contributed by atoms with E-state index >= 15 is 0 Å². The first-order valence-electron chi connectivity index (χ1n) is 6.34. The van der Waals surface area contributed by atoms with Crippen LogP contribution in [-0.2, 0) is 9.59 Å². The summed E-state index contributed by atoms with van der Waals surface area (Å²) in [4.78, 5) is 26.6. The molecule has 19 heavy (non-hydrogen) atoms. The number of amides is 2. The summed E-state index contributed by atoms with van der Waals surface area (Å²) in [6.07, 6.45) is 1.23. The van der Waals surface area contributed by atoms with Crippen LogP contribution in [0.1, 0.15) is 25.5 Å². The molecule has 1 aromatic rings. The van der Waals surface area contributed by atoms with Crippen LogP contribution in [-0.4, -0.2) is 36.3 Å². The molecule has 1 aliphatic rings. The van der Waals surface area contributed by atoms with Gasteiger partial charge in [0.2, 0.25) is 17.7 Å². The second-order valence-electron chi connectivity index (χ2n) is 4.84. The fourth-order valence-electron chi connectivity index (χ4n) is 2.02. The van der Waals surface area contributed by atoms with Crippen LogP contribution in [0, 0.1) is 0 Å². The lowest BCUT2D eigenvalue weighted by Crippen LogP contribution is -2.52. The van der Waals surface area contributed by atoms with Crippen molar-refractivity contribution in [3.05, 3.63) is 30.5 Å². The summed E-state index contributed by atoms with van der Waals surface area (Å²) in [5, 5.41) is 0. The van der Waals surface area contributed by atoms with E-state index in [2.05, 4.69) is 6.58 Å². The van der Waals surface area contributed by atoms with Gasteiger partial charge in [0.05, 0.1) is 0 Å². The maximum Gasteiger partial charge on any atom is 0.248 e. The monoisotopic (exact) mass is 262 g/mol. The minimum atomic E-state index is -0.213. The highest BCUT2D eigenvalue weighted by atomic mass is 16.4. The maximum absolute atomic E-state index is 12.0. The number of rotatable bonds is 3. The Morgan fingerprint density at radius 1 is 1.42 bits per heavy atom. The van der Waals surface area contributed by atoms with E-state index in [0.29, 0.717) is 19.0 Å². The highest BCUT2D eigenvalue weighted by Crippen LogP contribution is 2.25. The van der Waals surface area contributed by atoms with Gasteiger partial charge in [-0.3, -0.25) is 14.5 Å². The smallest absolute Gasteiger partial charge is 0.248 e. The Bertz CT molecular complexity index is 505. The molecule has 0 bridgehead atoms. The van der Waals surface area contributed by atoms with Gasteiger partial charge in [-0.05, 0) is 12.1 Å². The molecule has 5 nitrogen and oxygen atoms in total. The Labute approximate surface area is 112 Å². The van der Waals surface area contributed by atoms with Crippen molar-refractivity contribution in [2.75, 3.05) is 24.5 Å². The summed E-state index contributed by atoms with van der Waals surface area (Å²) >= 11 is 0. The zero-order chi connectivity index (χ0) is 14.0. The van der Waals surface area contributed by atoms with Gasteiger partial charge in [0, 0.05) is 25.1 Å². The molecule has 1 fully saturated rings. The molecule has 1 saturated heterocycles. The standard InChI is InChI=1S/C14H18N2O3/c1-4-12(17)15-7-8-16(13(18)9-15)14-6-5-11(19-14)10(2)3/h4-6,10H,1,7-9H2,2-3H3. The number of furan rings is 1. The van der Waals surface area contributed by atoms with Gasteiger partial charge in [0.1, 0.15) is 12.3 Å². The Hall–Kier alpha value is -2.04. The summed E-state index contributed by atoms with van der Waals surface area (Å²) in [5.74, 6) is 1.35. The highest BCUT2D eigenvalue weighted by Gasteiger charge is 2.28. The number of carbonyl (C=O) groups excluding carboxylic acids is 2. The predicted octanol–water partition coefficient (Wildman–Crippen LogP) is 1.76. The first kappa shape index (κ1) is 13.4. The summed E-state index contributed by atoms with van der Waals surface area (Å²) < 4.78 is 5.66. The third kappa shape index (κ3) is 2.70. The van der Waals surface area contributed by atoms with E-state index in [1.807, 2.05) is 19.9 Å². The van der Waals surface area contributed by atoms with Gasteiger partial charge in [0.25, 0.3) is 0 Å². The van der Waals surface area contributed by atoms with E-state index in [0.717, 1.165) is 5.76 Å². The van der Waals surface area contributed by atoms with Gasteiger partial charge in [-0.25, -0.2) is 0 Å². The molecule has 0 N–H and O–H groups in total. The molecule has 2 heterocycles. The summed E-state index contributed by atoms with van der Waals surface area (Å²) in [7, 11) is 0. The number of nitrogens with zero attached hydrogens (tertiary/aromatic N) is 2. The molecule has 0 atom stereocenters.